The van der Waals surface area contributed by atoms with Gasteiger partial charge in [0.1, 0.15) is 11.6 Å². The van der Waals surface area contributed by atoms with E-state index in [-0.39, 0.29) is 12.5 Å². The Morgan fingerprint density at radius 3 is 2.75 bits per heavy atom. The fraction of sp³-hybridized carbons (Fsp3) is 0.412. The van der Waals surface area contributed by atoms with Gasteiger partial charge in [0.05, 0.1) is 19.2 Å². The minimum Gasteiger partial charge on any atom is -0.481 e. The molecule has 2 aromatic heterocycles. The zero-order valence-corrected chi connectivity index (χ0v) is 13.7. The van der Waals surface area contributed by atoms with E-state index in [1.807, 2.05) is 6.07 Å². The number of carbonyl (C=O) groups excluding carboxylic acids is 1. The highest BCUT2D eigenvalue weighted by Crippen LogP contribution is 2.16. The van der Waals surface area contributed by atoms with Gasteiger partial charge in [0, 0.05) is 31.5 Å². The van der Waals surface area contributed by atoms with E-state index in [0.717, 1.165) is 18.9 Å². The summed E-state index contributed by atoms with van der Waals surface area (Å²) in [5.74, 6) is 1.80. The van der Waals surface area contributed by atoms with Gasteiger partial charge in [-0.15, -0.1) is 0 Å². The Morgan fingerprint density at radius 2 is 2.04 bits per heavy atom. The van der Waals surface area contributed by atoms with Crippen LogP contribution in [0.4, 0.5) is 5.82 Å². The summed E-state index contributed by atoms with van der Waals surface area (Å²) >= 11 is 0. The number of piperidine rings is 1. The van der Waals surface area contributed by atoms with Gasteiger partial charge in [-0.3, -0.25) is 4.79 Å². The van der Waals surface area contributed by atoms with E-state index in [9.17, 15) is 4.79 Å². The van der Waals surface area contributed by atoms with Crippen LogP contribution in [0.5, 0.6) is 5.88 Å². The van der Waals surface area contributed by atoms with E-state index in [1.165, 1.54) is 32.6 Å². The van der Waals surface area contributed by atoms with E-state index in [1.54, 1.807) is 18.3 Å². The van der Waals surface area contributed by atoms with Crippen molar-refractivity contribution in [2.24, 2.45) is 0 Å². The molecule has 1 fully saturated rings. The molecule has 0 aliphatic carbocycles. The van der Waals surface area contributed by atoms with Crippen LogP contribution in [0.3, 0.4) is 0 Å². The third-order valence-corrected chi connectivity index (χ3v) is 3.99. The molecule has 3 heterocycles. The summed E-state index contributed by atoms with van der Waals surface area (Å²) in [5, 5.41) is 2.82. The molecule has 0 unspecified atom stereocenters. The van der Waals surface area contributed by atoms with Gasteiger partial charge in [-0.05, 0) is 31.4 Å². The SMILES string of the molecule is COc1ccc(C(=O)NCc2nccc(N3CCCCC3)n2)cn1. The topological polar surface area (TPSA) is 80.2 Å². The van der Waals surface area contributed by atoms with Crippen LogP contribution in [0.2, 0.25) is 0 Å². The van der Waals surface area contributed by atoms with Crippen molar-refractivity contribution in [2.75, 3.05) is 25.1 Å². The van der Waals surface area contributed by atoms with Gasteiger partial charge in [0.2, 0.25) is 5.88 Å². The summed E-state index contributed by atoms with van der Waals surface area (Å²) in [4.78, 5) is 27.2. The lowest BCUT2D eigenvalue weighted by Crippen LogP contribution is -2.31. The molecule has 1 saturated heterocycles. The molecule has 24 heavy (non-hydrogen) atoms. The van der Waals surface area contributed by atoms with Gasteiger partial charge in [0.25, 0.3) is 5.91 Å². The molecule has 1 aliphatic heterocycles. The molecule has 0 radical (unpaired) electrons. The Kier molecular flexibility index (Phi) is 5.20. The summed E-state index contributed by atoms with van der Waals surface area (Å²) < 4.78 is 4.98. The minimum absolute atomic E-state index is 0.211. The number of aromatic nitrogens is 3. The van der Waals surface area contributed by atoms with Crippen molar-refractivity contribution in [1.29, 1.82) is 0 Å². The van der Waals surface area contributed by atoms with Crippen LogP contribution >= 0.6 is 0 Å². The highest BCUT2D eigenvalue weighted by atomic mass is 16.5. The van der Waals surface area contributed by atoms with Gasteiger partial charge in [-0.1, -0.05) is 0 Å². The highest BCUT2D eigenvalue weighted by Gasteiger charge is 2.13. The Balaban J connectivity index is 1.60. The van der Waals surface area contributed by atoms with E-state index in [4.69, 9.17) is 4.74 Å². The second-order valence-corrected chi connectivity index (χ2v) is 5.65. The number of methoxy groups -OCH3 is 1. The average molecular weight is 327 g/mol. The largest absolute Gasteiger partial charge is 0.481 e. The quantitative estimate of drug-likeness (QED) is 0.902. The standard InChI is InChI=1S/C17H21N5O2/c1-24-16-6-5-13(11-19-16)17(23)20-12-14-18-8-7-15(21-14)22-9-3-2-4-10-22/h5-8,11H,2-4,9-10,12H2,1H3,(H,20,23). The molecule has 2 aromatic rings. The van der Waals surface area contributed by atoms with E-state index >= 15 is 0 Å². The number of hydrogen-bond acceptors (Lipinski definition) is 6. The number of rotatable bonds is 5. The lowest BCUT2D eigenvalue weighted by molar-refractivity contribution is 0.0949. The molecule has 0 aromatic carbocycles. The maximum atomic E-state index is 12.1. The summed E-state index contributed by atoms with van der Waals surface area (Å²) in [6.07, 6.45) is 6.90. The number of nitrogens with zero attached hydrogens (tertiary/aromatic N) is 4. The third kappa shape index (κ3) is 3.98. The fourth-order valence-electron chi connectivity index (χ4n) is 2.67. The number of carbonyl (C=O) groups is 1. The molecule has 1 aliphatic rings. The smallest absolute Gasteiger partial charge is 0.253 e. The van der Waals surface area contributed by atoms with Crippen molar-refractivity contribution in [3.8, 4) is 5.88 Å². The maximum absolute atomic E-state index is 12.1. The summed E-state index contributed by atoms with van der Waals surface area (Å²) in [7, 11) is 1.54. The lowest BCUT2D eigenvalue weighted by Gasteiger charge is -2.27. The molecule has 0 bridgehead atoms. The van der Waals surface area contributed by atoms with Crippen molar-refractivity contribution in [1.82, 2.24) is 20.3 Å². The van der Waals surface area contributed by atoms with Crippen LogP contribution in [-0.4, -0.2) is 41.1 Å². The number of pyridine rings is 1. The first kappa shape index (κ1) is 16.2. The number of amides is 1. The van der Waals surface area contributed by atoms with Crippen LogP contribution < -0.4 is 15.0 Å². The number of hydrogen-bond donors (Lipinski definition) is 1. The number of ether oxygens (including phenoxy) is 1. The van der Waals surface area contributed by atoms with Gasteiger partial charge in [-0.2, -0.15) is 0 Å². The highest BCUT2D eigenvalue weighted by molar-refractivity contribution is 5.93. The second-order valence-electron chi connectivity index (χ2n) is 5.65. The predicted octanol–water partition coefficient (Wildman–Crippen LogP) is 1.80. The molecule has 1 N–H and O–H groups in total. The summed E-state index contributed by atoms with van der Waals surface area (Å²) in [6.45, 7) is 2.34. The molecule has 7 nitrogen and oxygen atoms in total. The molecule has 0 spiro atoms. The Labute approximate surface area is 141 Å². The maximum Gasteiger partial charge on any atom is 0.253 e. The Morgan fingerprint density at radius 1 is 1.21 bits per heavy atom. The zero-order valence-electron chi connectivity index (χ0n) is 13.7. The summed E-state index contributed by atoms with van der Waals surface area (Å²) in [6, 6.07) is 5.25. The second kappa shape index (κ2) is 7.72. The van der Waals surface area contributed by atoms with Crippen molar-refractivity contribution in [3.05, 3.63) is 42.0 Å². The third-order valence-electron chi connectivity index (χ3n) is 3.99. The molecule has 3 rings (SSSR count). The predicted molar refractivity (Wildman–Crippen MR) is 90.1 cm³/mol. The van der Waals surface area contributed by atoms with Crippen molar-refractivity contribution in [2.45, 2.75) is 25.8 Å². The van der Waals surface area contributed by atoms with Crippen molar-refractivity contribution < 1.29 is 9.53 Å². The van der Waals surface area contributed by atoms with Crippen LogP contribution in [0.1, 0.15) is 35.4 Å². The molecule has 7 heteroatoms. The lowest BCUT2D eigenvalue weighted by atomic mass is 10.1. The molecular weight excluding hydrogens is 306 g/mol. The van der Waals surface area contributed by atoms with Crippen LogP contribution in [-0.2, 0) is 6.54 Å². The Bertz CT molecular complexity index is 684. The van der Waals surface area contributed by atoms with E-state index in [0.29, 0.717) is 17.3 Å². The monoisotopic (exact) mass is 327 g/mol. The average Bonchev–Trinajstić information content (AvgIpc) is 2.67. The van der Waals surface area contributed by atoms with Crippen molar-refractivity contribution in [3.63, 3.8) is 0 Å². The molecule has 126 valence electrons. The number of anilines is 1. The van der Waals surface area contributed by atoms with Crippen LogP contribution in [0.25, 0.3) is 0 Å². The number of nitrogens with one attached hydrogen (secondary N) is 1. The summed E-state index contributed by atoms with van der Waals surface area (Å²) in [5.41, 5.74) is 0.475. The van der Waals surface area contributed by atoms with E-state index < -0.39 is 0 Å². The first-order valence-electron chi connectivity index (χ1n) is 8.11. The van der Waals surface area contributed by atoms with E-state index in [2.05, 4.69) is 25.2 Å². The first-order chi connectivity index (χ1) is 11.8. The fourth-order valence-corrected chi connectivity index (χ4v) is 2.67. The molecule has 1 amide bonds. The van der Waals surface area contributed by atoms with Gasteiger partial charge < -0.3 is 15.0 Å². The van der Waals surface area contributed by atoms with Gasteiger partial charge in [0.15, 0.2) is 0 Å². The Hall–Kier alpha value is -2.70. The zero-order chi connectivity index (χ0) is 16.8. The molecule has 0 saturated carbocycles. The van der Waals surface area contributed by atoms with Gasteiger partial charge >= 0.3 is 0 Å². The molecular formula is C17H21N5O2. The normalized spacial score (nSPS) is 14.3. The van der Waals surface area contributed by atoms with Crippen LogP contribution in [0, 0.1) is 0 Å². The first-order valence-corrected chi connectivity index (χ1v) is 8.11. The van der Waals surface area contributed by atoms with Crippen molar-refractivity contribution >= 4 is 11.7 Å². The minimum atomic E-state index is -0.211. The van der Waals surface area contributed by atoms with Crippen LogP contribution in [0.15, 0.2) is 30.6 Å². The molecule has 0 atom stereocenters. The van der Waals surface area contributed by atoms with Gasteiger partial charge in [-0.25, -0.2) is 15.0 Å².